The first kappa shape index (κ1) is 17.9. The molecule has 2 aliphatic heterocycles. The van der Waals surface area contributed by atoms with E-state index in [1.165, 1.54) is 10.5 Å². The Morgan fingerprint density at radius 1 is 1.24 bits per heavy atom. The molecule has 0 aliphatic carbocycles. The maximum absolute atomic E-state index is 12.7. The summed E-state index contributed by atoms with van der Waals surface area (Å²) in [5, 5.41) is 2.96. The number of nitrogens with zero attached hydrogens (tertiary/aromatic N) is 2. The maximum atomic E-state index is 12.7. The van der Waals surface area contributed by atoms with Crippen LogP contribution in [0, 0.1) is 5.92 Å². The maximum Gasteiger partial charge on any atom is 0.325 e. The third-order valence-corrected chi connectivity index (χ3v) is 5.72. The molecular formula is C20H29N3O2. The van der Waals surface area contributed by atoms with Crippen molar-refractivity contribution in [3.63, 3.8) is 0 Å². The number of hydrogen-bond donors (Lipinski definition) is 1. The van der Waals surface area contributed by atoms with Gasteiger partial charge in [0.05, 0.1) is 0 Å². The van der Waals surface area contributed by atoms with E-state index in [9.17, 15) is 9.59 Å². The third kappa shape index (κ3) is 3.71. The van der Waals surface area contributed by atoms with Gasteiger partial charge in [0.25, 0.3) is 5.91 Å². The normalized spacial score (nSPS) is 27.6. The third-order valence-electron chi connectivity index (χ3n) is 5.72. The number of likely N-dealkylation sites (tertiary alicyclic amines) is 1. The number of aryl methyl sites for hydroxylation is 1. The zero-order valence-corrected chi connectivity index (χ0v) is 15.3. The van der Waals surface area contributed by atoms with Gasteiger partial charge in [-0.3, -0.25) is 9.69 Å². The molecule has 2 fully saturated rings. The Balaban J connectivity index is 1.56. The Labute approximate surface area is 150 Å². The summed E-state index contributed by atoms with van der Waals surface area (Å²) in [6, 6.07) is 10.3. The molecule has 2 saturated heterocycles. The quantitative estimate of drug-likeness (QED) is 0.808. The number of nitrogens with one attached hydrogen (secondary N) is 1. The van der Waals surface area contributed by atoms with Crippen LogP contribution in [0.25, 0.3) is 0 Å². The van der Waals surface area contributed by atoms with Crippen LogP contribution in [0.15, 0.2) is 30.3 Å². The fourth-order valence-electron chi connectivity index (χ4n) is 4.16. The molecule has 25 heavy (non-hydrogen) atoms. The Morgan fingerprint density at radius 3 is 2.68 bits per heavy atom. The molecule has 1 aromatic rings. The van der Waals surface area contributed by atoms with Gasteiger partial charge in [0, 0.05) is 19.0 Å². The predicted octanol–water partition coefficient (Wildman–Crippen LogP) is 2.66. The van der Waals surface area contributed by atoms with E-state index in [0.29, 0.717) is 6.54 Å². The SMILES string of the molecule is CCN1C(=O)N[C@](C)([C@H]2CCCN(CCCc3ccccc3)C2)C1=O. The molecular weight excluding hydrogens is 314 g/mol. The molecule has 0 bridgehead atoms. The lowest BCUT2D eigenvalue weighted by Gasteiger charge is -2.39. The molecule has 2 aliphatic rings. The van der Waals surface area contributed by atoms with Crippen molar-refractivity contribution in [1.29, 1.82) is 0 Å². The average Bonchev–Trinajstić information content (AvgIpc) is 2.85. The van der Waals surface area contributed by atoms with E-state index in [1.54, 1.807) is 0 Å². The van der Waals surface area contributed by atoms with Crippen LogP contribution in [0.2, 0.25) is 0 Å². The van der Waals surface area contributed by atoms with Crippen molar-refractivity contribution in [1.82, 2.24) is 15.1 Å². The number of amides is 3. The molecule has 0 unspecified atom stereocenters. The largest absolute Gasteiger partial charge is 0.325 e. The van der Waals surface area contributed by atoms with Crippen LogP contribution in [-0.2, 0) is 11.2 Å². The van der Waals surface area contributed by atoms with E-state index in [2.05, 4.69) is 34.5 Å². The van der Waals surface area contributed by atoms with Crippen LogP contribution in [0.1, 0.15) is 38.7 Å². The van der Waals surface area contributed by atoms with Gasteiger partial charge in [-0.2, -0.15) is 0 Å². The van der Waals surface area contributed by atoms with Gasteiger partial charge in [-0.05, 0) is 58.2 Å². The highest BCUT2D eigenvalue weighted by Gasteiger charge is 2.52. The highest BCUT2D eigenvalue weighted by molar-refractivity contribution is 6.07. The second-order valence-corrected chi connectivity index (χ2v) is 7.41. The minimum atomic E-state index is -0.745. The molecule has 3 amide bonds. The first-order valence-corrected chi connectivity index (χ1v) is 9.45. The van der Waals surface area contributed by atoms with Crippen LogP contribution >= 0.6 is 0 Å². The summed E-state index contributed by atoms with van der Waals surface area (Å²) in [7, 11) is 0. The fraction of sp³-hybridized carbons (Fsp3) is 0.600. The summed E-state index contributed by atoms with van der Waals surface area (Å²) in [6.07, 6.45) is 4.28. The standard InChI is InChI=1S/C20H29N3O2/c1-3-23-18(24)20(2,21-19(23)25)17-12-8-14-22(15-17)13-7-11-16-9-5-4-6-10-16/h4-6,9-10,17H,3,7-8,11-15H2,1-2H3,(H,21,25)/t17-,20+/m0/s1. The second kappa shape index (κ2) is 7.56. The molecule has 0 radical (unpaired) electrons. The van der Waals surface area contributed by atoms with Crippen molar-refractivity contribution in [2.45, 2.75) is 45.1 Å². The van der Waals surface area contributed by atoms with Crippen LogP contribution in [0.3, 0.4) is 0 Å². The number of likely N-dealkylation sites (N-methyl/N-ethyl adjacent to an activating group) is 1. The van der Waals surface area contributed by atoms with Gasteiger partial charge < -0.3 is 10.2 Å². The van der Waals surface area contributed by atoms with Gasteiger partial charge in [0.1, 0.15) is 5.54 Å². The highest BCUT2D eigenvalue weighted by atomic mass is 16.2. The lowest BCUT2D eigenvalue weighted by molar-refractivity contribution is -0.133. The molecule has 5 heteroatoms. The van der Waals surface area contributed by atoms with E-state index >= 15 is 0 Å². The van der Waals surface area contributed by atoms with E-state index in [-0.39, 0.29) is 17.9 Å². The van der Waals surface area contributed by atoms with Crippen molar-refractivity contribution < 1.29 is 9.59 Å². The lowest BCUT2D eigenvalue weighted by Crippen LogP contribution is -2.56. The number of hydrogen-bond acceptors (Lipinski definition) is 3. The van der Waals surface area contributed by atoms with Crippen LogP contribution in [0.5, 0.6) is 0 Å². The summed E-state index contributed by atoms with van der Waals surface area (Å²) < 4.78 is 0. The Hall–Kier alpha value is -1.88. The number of urea groups is 1. The number of rotatable bonds is 6. The molecule has 5 nitrogen and oxygen atoms in total. The van der Waals surface area contributed by atoms with Crippen LogP contribution in [-0.4, -0.2) is 53.5 Å². The van der Waals surface area contributed by atoms with Crippen LogP contribution in [0.4, 0.5) is 4.79 Å². The number of benzene rings is 1. The average molecular weight is 343 g/mol. The van der Waals surface area contributed by atoms with Crippen molar-refractivity contribution in [3.8, 4) is 0 Å². The highest BCUT2D eigenvalue weighted by Crippen LogP contribution is 2.32. The summed E-state index contributed by atoms with van der Waals surface area (Å²) >= 11 is 0. The van der Waals surface area contributed by atoms with Gasteiger partial charge in [0.2, 0.25) is 0 Å². The molecule has 136 valence electrons. The minimum absolute atomic E-state index is 0.0591. The van der Waals surface area contributed by atoms with Gasteiger partial charge in [-0.1, -0.05) is 30.3 Å². The zero-order chi connectivity index (χ0) is 17.9. The summed E-state index contributed by atoms with van der Waals surface area (Å²) in [4.78, 5) is 28.6. The molecule has 1 aromatic carbocycles. The minimum Gasteiger partial charge on any atom is -0.323 e. The molecule has 0 saturated carbocycles. The molecule has 0 aromatic heterocycles. The Morgan fingerprint density at radius 2 is 2.00 bits per heavy atom. The van der Waals surface area contributed by atoms with Gasteiger partial charge >= 0.3 is 6.03 Å². The van der Waals surface area contributed by atoms with Crippen molar-refractivity contribution in [2.24, 2.45) is 5.92 Å². The van der Waals surface area contributed by atoms with Crippen LogP contribution < -0.4 is 5.32 Å². The Kier molecular flexibility index (Phi) is 5.42. The summed E-state index contributed by atoms with van der Waals surface area (Å²) in [5.41, 5.74) is 0.630. The first-order chi connectivity index (χ1) is 12.0. The molecule has 3 rings (SSSR count). The van der Waals surface area contributed by atoms with Gasteiger partial charge in [0.15, 0.2) is 0 Å². The topological polar surface area (TPSA) is 52.7 Å². The first-order valence-electron chi connectivity index (χ1n) is 9.45. The summed E-state index contributed by atoms with van der Waals surface area (Å²) in [5.74, 6) is 0.127. The van der Waals surface area contributed by atoms with Crippen molar-refractivity contribution in [3.05, 3.63) is 35.9 Å². The number of piperidine rings is 1. The second-order valence-electron chi connectivity index (χ2n) is 7.41. The monoisotopic (exact) mass is 343 g/mol. The molecule has 2 atom stereocenters. The summed E-state index contributed by atoms with van der Waals surface area (Å²) in [6.45, 7) is 7.20. The van der Waals surface area contributed by atoms with Crippen molar-refractivity contribution in [2.75, 3.05) is 26.2 Å². The molecule has 0 spiro atoms. The fourth-order valence-corrected chi connectivity index (χ4v) is 4.16. The Bertz CT molecular complexity index is 619. The van der Waals surface area contributed by atoms with Crippen molar-refractivity contribution >= 4 is 11.9 Å². The van der Waals surface area contributed by atoms with Gasteiger partial charge in [-0.25, -0.2) is 4.79 Å². The van der Waals surface area contributed by atoms with E-state index in [0.717, 1.165) is 45.3 Å². The molecule has 2 heterocycles. The number of carbonyl (C=O) groups excluding carboxylic acids is 2. The number of carbonyl (C=O) groups is 2. The van der Waals surface area contributed by atoms with Gasteiger partial charge in [-0.15, -0.1) is 0 Å². The van der Waals surface area contributed by atoms with E-state index in [4.69, 9.17) is 0 Å². The van der Waals surface area contributed by atoms with E-state index in [1.807, 2.05) is 19.9 Å². The number of imide groups is 1. The van der Waals surface area contributed by atoms with E-state index < -0.39 is 5.54 Å². The predicted molar refractivity (Wildman–Crippen MR) is 98.3 cm³/mol. The smallest absolute Gasteiger partial charge is 0.323 e. The lowest BCUT2D eigenvalue weighted by atomic mass is 9.80. The molecule has 1 N–H and O–H groups in total. The zero-order valence-electron chi connectivity index (χ0n) is 15.3.